The summed E-state index contributed by atoms with van der Waals surface area (Å²) in [6.07, 6.45) is 4.08. The second-order valence-electron chi connectivity index (χ2n) is 7.71. The van der Waals surface area contributed by atoms with Gasteiger partial charge < -0.3 is 15.2 Å². The molecule has 2 aliphatic rings. The number of carboxylic acids is 1. The van der Waals surface area contributed by atoms with Crippen LogP contribution in [0.15, 0.2) is 46.0 Å². The van der Waals surface area contributed by atoms with Gasteiger partial charge >= 0.3 is 11.9 Å². The van der Waals surface area contributed by atoms with Gasteiger partial charge in [0.2, 0.25) is 0 Å². The molecule has 0 saturated heterocycles. The third-order valence-corrected chi connectivity index (χ3v) is 6.97. The second kappa shape index (κ2) is 9.38. The largest absolute Gasteiger partial charge is 0.478 e. The Morgan fingerprint density at radius 3 is 2.62 bits per heavy atom. The van der Waals surface area contributed by atoms with E-state index in [2.05, 4.69) is 15.3 Å². The fourth-order valence-electron chi connectivity index (χ4n) is 4.30. The van der Waals surface area contributed by atoms with E-state index in [0.717, 1.165) is 6.07 Å². The van der Waals surface area contributed by atoms with Crippen LogP contribution < -0.4 is 5.32 Å². The lowest BCUT2D eigenvalue weighted by Gasteiger charge is -2.34. The van der Waals surface area contributed by atoms with E-state index >= 15 is 0 Å². The molecule has 1 aromatic carbocycles. The molecule has 1 fully saturated rings. The van der Waals surface area contributed by atoms with Crippen LogP contribution in [0, 0.1) is 17.7 Å². The van der Waals surface area contributed by atoms with E-state index in [1.807, 2.05) is 0 Å². The van der Waals surface area contributed by atoms with Gasteiger partial charge in [0.15, 0.2) is 10.8 Å². The van der Waals surface area contributed by atoms with Crippen molar-refractivity contribution >= 4 is 40.7 Å². The minimum Gasteiger partial charge on any atom is -0.478 e. The molecule has 2 aromatic rings. The zero-order valence-corrected chi connectivity index (χ0v) is 18.8. The Labute approximate surface area is 193 Å². The number of hydrogen-bond donors (Lipinski definition) is 2. The van der Waals surface area contributed by atoms with Gasteiger partial charge in [0.25, 0.3) is 0 Å². The Hall–Kier alpha value is -2.78. The number of ether oxygens (including phenoxy) is 1. The molecule has 32 heavy (non-hydrogen) atoms. The number of esters is 1. The Kier molecular flexibility index (Phi) is 6.57. The summed E-state index contributed by atoms with van der Waals surface area (Å²) in [5, 5.41) is 15.9. The minimum atomic E-state index is -1.13. The van der Waals surface area contributed by atoms with Crippen LogP contribution in [0.5, 0.6) is 0 Å². The lowest BCUT2D eigenvalue weighted by molar-refractivity contribution is -0.146. The van der Waals surface area contributed by atoms with E-state index in [1.165, 1.54) is 30.6 Å². The van der Waals surface area contributed by atoms with Crippen LogP contribution in [0.4, 0.5) is 4.39 Å². The number of amidine groups is 1. The van der Waals surface area contributed by atoms with E-state index in [9.17, 15) is 19.1 Å². The molecule has 4 rings (SSSR count). The fourth-order valence-corrected chi connectivity index (χ4v) is 5.16. The zero-order chi connectivity index (χ0) is 22.8. The summed E-state index contributed by atoms with van der Waals surface area (Å²) < 4.78 is 18.5. The standard InChI is InChI=1S/C22H21ClFN3O4S/c1-31-22(30)12-4-2-11(3-5-12)17-16(21(28)29)18(14-7-6-13(24)10-15(14)23)27-19(26-17)20-25-8-9-32-20/h6-12,18H,2-5H2,1H3,(H,26,27)(H,28,29). The van der Waals surface area contributed by atoms with Crippen molar-refractivity contribution in [3.63, 3.8) is 0 Å². The quantitative estimate of drug-likeness (QED) is 0.621. The number of carbonyl (C=O) groups is 2. The fraction of sp³-hybridized carbons (Fsp3) is 0.364. The third-order valence-electron chi connectivity index (χ3n) is 5.87. The molecular weight excluding hydrogens is 457 g/mol. The van der Waals surface area contributed by atoms with Crippen molar-refractivity contribution in [2.45, 2.75) is 31.7 Å². The first-order chi connectivity index (χ1) is 15.4. The van der Waals surface area contributed by atoms with Crippen LogP contribution in [0.2, 0.25) is 5.02 Å². The predicted octanol–water partition coefficient (Wildman–Crippen LogP) is 4.34. The first kappa shape index (κ1) is 22.4. The van der Waals surface area contributed by atoms with Crippen molar-refractivity contribution in [2.75, 3.05) is 7.11 Å². The van der Waals surface area contributed by atoms with Crippen LogP contribution in [-0.2, 0) is 14.3 Å². The van der Waals surface area contributed by atoms with Gasteiger partial charge in [-0.25, -0.2) is 14.2 Å². The van der Waals surface area contributed by atoms with Gasteiger partial charge in [-0.3, -0.25) is 9.79 Å². The van der Waals surface area contributed by atoms with E-state index in [-0.39, 0.29) is 28.4 Å². The minimum absolute atomic E-state index is 0.0698. The first-order valence-corrected chi connectivity index (χ1v) is 11.4. The number of thiazole rings is 1. The molecule has 1 aliphatic heterocycles. The molecule has 2 N–H and O–H groups in total. The van der Waals surface area contributed by atoms with Crippen molar-refractivity contribution in [2.24, 2.45) is 16.8 Å². The van der Waals surface area contributed by atoms with Crippen molar-refractivity contribution in [3.8, 4) is 0 Å². The number of carboxylic acid groups (broad SMARTS) is 1. The van der Waals surface area contributed by atoms with E-state index < -0.39 is 17.8 Å². The molecule has 0 radical (unpaired) electrons. The van der Waals surface area contributed by atoms with Crippen molar-refractivity contribution in [1.29, 1.82) is 0 Å². The number of aliphatic imine (C=N–C) groups is 1. The van der Waals surface area contributed by atoms with Crippen LogP contribution in [0.1, 0.15) is 42.3 Å². The molecule has 1 unspecified atom stereocenters. The number of methoxy groups -OCH3 is 1. The lowest BCUT2D eigenvalue weighted by atomic mass is 9.78. The monoisotopic (exact) mass is 477 g/mol. The molecule has 7 nitrogen and oxygen atoms in total. The average Bonchev–Trinajstić information content (AvgIpc) is 3.33. The second-order valence-corrected chi connectivity index (χ2v) is 9.01. The summed E-state index contributed by atoms with van der Waals surface area (Å²) >= 11 is 7.67. The first-order valence-electron chi connectivity index (χ1n) is 10.1. The van der Waals surface area contributed by atoms with Crippen LogP contribution in [-0.4, -0.2) is 35.0 Å². The number of rotatable bonds is 5. The van der Waals surface area contributed by atoms with Crippen LogP contribution in [0.3, 0.4) is 0 Å². The number of hydrogen-bond acceptors (Lipinski definition) is 7. The Morgan fingerprint density at radius 2 is 2.03 bits per heavy atom. The highest BCUT2D eigenvalue weighted by Gasteiger charge is 2.38. The summed E-state index contributed by atoms with van der Waals surface area (Å²) in [6, 6.07) is 2.93. The maximum atomic E-state index is 13.7. The Morgan fingerprint density at radius 1 is 1.28 bits per heavy atom. The highest BCUT2D eigenvalue weighted by atomic mass is 35.5. The van der Waals surface area contributed by atoms with Crippen LogP contribution in [0.25, 0.3) is 0 Å². The van der Waals surface area contributed by atoms with Gasteiger partial charge in [0.1, 0.15) is 11.9 Å². The van der Waals surface area contributed by atoms with Gasteiger partial charge in [-0.15, -0.1) is 11.3 Å². The number of benzene rings is 1. The van der Waals surface area contributed by atoms with Gasteiger partial charge in [-0.2, -0.15) is 0 Å². The number of carbonyl (C=O) groups excluding carboxylic acids is 1. The number of allylic oxidation sites excluding steroid dienone is 1. The molecule has 2 heterocycles. The summed E-state index contributed by atoms with van der Waals surface area (Å²) in [6.45, 7) is 0. The third kappa shape index (κ3) is 4.40. The van der Waals surface area contributed by atoms with Gasteiger partial charge in [-0.05, 0) is 43.7 Å². The number of halogens is 2. The van der Waals surface area contributed by atoms with Crippen molar-refractivity contribution < 1.29 is 23.8 Å². The Balaban J connectivity index is 1.77. The van der Waals surface area contributed by atoms with E-state index in [0.29, 0.717) is 47.8 Å². The van der Waals surface area contributed by atoms with E-state index in [1.54, 1.807) is 11.6 Å². The summed E-state index contributed by atoms with van der Waals surface area (Å²) in [4.78, 5) is 33.3. The molecule has 1 aromatic heterocycles. The molecule has 0 amide bonds. The number of aromatic nitrogens is 1. The molecule has 168 valence electrons. The number of nitrogens with zero attached hydrogens (tertiary/aromatic N) is 2. The number of nitrogens with one attached hydrogen (secondary N) is 1. The highest BCUT2D eigenvalue weighted by Crippen LogP contribution is 2.41. The molecule has 1 saturated carbocycles. The molecular formula is C22H21ClFN3O4S. The summed E-state index contributed by atoms with van der Waals surface area (Å²) in [5.74, 6) is -1.75. The molecule has 1 aliphatic carbocycles. The summed E-state index contributed by atoms with van der Waals surface area (Å²) in [7, 11) is 1.37. The zero-order valence-electron chi connectivity index (χ0n) is 17.2. The average molecular weight is 478 g/mol. The number of aliphatic carboxylic acids is 1. The van der Waals surface area contributed by atoms with Crippen molar-refractivity contribution in [3.05, 3.63) is 62.5 Å². The maximum absolute atomic E-state index is 13.7. The van der Waals surface area contributed by atoms with Gasteiger partial charge in [-0.1, -0.05) is 17.7 Å². The topological polar surface area (TPSA) is 101 Å². The van der Waals surface area contributed by atoms with Gasteiger partial charge in [0.05, 0.1) is 18.6 Å². The Bertz CT molecular complexity index is 1090. The smallest absolute Gasteiger partial charge is 0.335 e. The van der Waals surface area contributed by atoms with Gasteiger partial charge in [0, 0.05) is 27.9 Å². The summed E-state index contributed by atoms with van der Waals surface area (Å²) in [5.41, 5.74) is 1.01. The molecule has 0 bridgehead atoms. The van der Waals surface area contributed by atoms with Crippen LogP contribution >= 0.6 is 22.9 Å². The normalized spacial score (nSPS) is 23.3. The molecule has 1 atom stereocenters. The predicted molar refractivity (Wildman–Crippen MR) is 118 cm³/mol. The van der Waals surface area contributed by atoms with E-state index in [4.69, 9.17) is 16.3 Å². The molecule has 0 spiro atoms. The van der Waals surface area contributed by atoms with Crippen molar-refractivity contribution in [1.82, 2.24) is 10.3 Å². The highest BCUT2D eigenvalue weighted by molar-refractivity contribution is 7.11. The lowest BCUT2D eigenvalue weighted by Crippen LogP contribution is -2.38. The SMILES string of the molecule is COC(=O)C1CCC(C2=C(C(=O)O)C(c3ccc(F)cc3Cl)N=C(c3nccs3)N2)CC1. The molecule has 10 heteroatoms. The maximum Gasteiger partial charge on any atom is 0.335 e.